The van der Waals surface area contributed by atoms with Crippen LogP contribution in [0, 0.1) is 6.92 Å². The lowest BCUT2D eigenvalue weighted by atomic mass is 10.2. The number of rotatable bonds is 5. The lowest BCUT2D eigenvalue weighted by molar-refractivity contribution is -0.115. The maximum atomic E-state index is 12.3. The molecular formula is C15H16ClNO2S2. The Morgan fingerprint density at radius 3 is 2.67 bits per heavy atom. The van der Waals surface area contributed by atoms with Crippen molar-refractivity contribution in [2.75, 3.05) is 5.32 Å². The molecule has 6 heteroatoms. The molecule has 1 N–H and O–H groups in total. The lowest BCUT2D eigenvalue weighted by Gasteiger charge is -2.13. The molecule has 0 saturated heterocycles. The molecule has 1 amide bonds. The van der Waals surface area contributed by atoms with Gasteiger partial charge in [0.25, 0.3) is 0 Å². The summed E-state index contributed by atoms with van der Waals surface area (Å²) in [6.45, 7) is 3.60. The Morgan fingerprint density at radius 1 is 1.33 bits per heavy atom. The summed E-state index contributed by atoms with van der Waals surface area (Å²) in [4.78, 5) is 13.1. The zero-order chi connectivity index (χ0) is 15.4. The van der Waals surface area contributed by atoms with E-state index in [2.05, 4.69) is 5.32 Å². The molecule has 112 valence electrons. The van der Waals surface area contributed by atoms with Crippen LogP contribution < -0.4 is 5.32 Å². The van der Waals surface area contributed by atoms with Crippen molar-refractivity contribution >= 4 is 45.3 Å². The summed E-state index contributed by atoms with van der Waals surface area (Å²) in [5.41, 5.74) is 1.74. The minimum absolute atomic E-state index is 0.231. The first-order valence-corrected chi connectivity index (χ1v) is 9.03. The molecule has 1 aromatic carbocycles. The van der Waals surface area contributed by atoms with Gasteiger partial charge in [-0.15, -0.1) is 11.3 Å². The van der Waals surface area contributed by atoms with Gasteiger partial charge in [0.15, 0.2) is 0 Å². The minimum Gasteiger partial charge on any atom is -0.325 e. The highest BCUT2D eigenvalue weighted by Gasteiger charge is 2.21. The molecule has 0 aliphatic carbocycles. The smallest absolute Gasteiger partial charge is 0.239 e. The zero-order valence-corrected chi connectivity index (χ0v) is 14.1. The molecule has 0 aliphatic heterocycles. The van der Waals surface area contributed by atoms with Crippen LogP contribution in [0.15, 0.2) is 36.4 Å². The van der Waals surface area contributed by atoms with E-state index in [-0.39, 0.29) is 5.91 Å². The van der Waals surface area contributed by atoms with Gasteiger partial charge in [-0.3, -0.25) is 9.00 Å². The minimum atomic E-state index is -1.27. The topological polar surface area (TPSA) is 46.2 Å². The number of para-hydroxylation sites is 1. The molecule has 0 saturated carbocycles. The van der Waals surface area contributed by atoms with Crippen LogP contribution in [0.3, 0.4) is 0 Å². The predicted molar refractivity (Wildman–Crippen MR) is 90.4 cm³/mol. The predicted octanol–water partition coefficient (Wildman–Crippen LogP) is 3.99. The summed E-state index contributed by atoms with van der Waals surface area (Å²) in [5.74, 6) is 0.116. The van der Waals surface area contributed by atoms with Gasteiger partial charge >= 0.3 is 0 Å². The highest BCUT2D eigenvalue weighted by atomic mass is 35.5. The third-order valence-corrected chi connectivity index (χ3v) is 6.09. The zero-order valence-electron chi connectivity index (χ0n) is 11.8. The van der Waals surface area contributed by atoms with Crippen molar-refractivity contribution in [2.45, 2.75) is 24.9 Å². The molecule has 2 rings (SSSR count). The van der Waals surface area contributed by atoms with Crippen molar-refractivity contribution in [1.82, 2.24) is 0 Å². The van der Waals surface area contributed by atoms with Crippen molar-refractivity contribution in [3.05, 3.63) is 51.2 Å². The van der Waals surface area contributed by atoms with E-state index >= 15 is 0 Å². The molecule has 21 heavy (non-hydrogen) atoms. The molecule has 0 fully saturated rings. The first-order valence-electron chi connectivity index (χ1n) is 6.45. The van der Waals surface area contributed by atoms with Gasteiger partial charge in [0, 0.05) is 21.4 Å². The van der Waals surface area contributed by atoms with Gasteiger partial charge < -0.3 is 5.32 Å². The summed E-state index contributed by atoms with van der Waals surface area (Å²) in [5, 5.41) is 2.25. The third-order valence-electron chi connectivity index (χ3n) is 3.08. The second-order valence-electron chi connectivity index (χ2n) is 4.68. The number of carbonyl (C=O) groups is 1. The Morgan fingerprint density at radius 2 is 2.05 bits per heavy atom. The molecule has 0 spiro atoms. The van der Waals surface area contributed by atoms with E-state index in [0.29, 0.717) is 10.1 Å². The van der Waals surface area contributed by atoms with Gasteiger partial charge in [-0.05, 0) is 37.6 Å². The Labute approximate surface area is 135 Å². The van der Waals surface area contributed by atoms with Crippen LogP contribution in [0.2, 0.25) is 4.34 Å². The number of thiophene rings is 1. The lowest BCUT2D eigenvalue weighted by Crippen LogP contribution is -2.29. The molecule has 0 bridgehead atoms. The second kappa shape index (κ2) is 7.20. The molecule has 0 aliphatic rings. The fourth-order valence-electron chi connectivity index (χ4n) is 1.76. The van der Waals surface area contributed by atoms with E-state index in [0.717, 1.165) is 16.1 Å². The fourth-order valence-corrected chi connectivity index (χ4v) is 4.15. The highest BCUT2D eigenvalue weighted by molar-refractivity contribution is 7.85. The van der Waals surface area contributed by atoms with Crippen LogP contribution in [0.25, 0.3) is 0 Å². The van der Waals surface area contributed by atoms with Gasteiger partial charge in [0.05, 0.1) is 10.1 Å². The fraction of sp³-hybridized carbons (Fsp3) is 0.267. The molecule has 2 aromatic rings. The molecule has 3 nitrogen and oxygen atoms in total. The monoisotopic (exact) mass is 341 g/mol. The number of aryl methyl sites for hydroxylation is 1. The Kier molecular flexibility index (Phi) is 5.56. The van der Waals surface area contributed by atoms with Crippen LogP contribution in [-0.4, -0.2) is 15.4 Å². The van der Waals surface area contributed by atoms with E-state index < -0.39 is 16.0 Å². The normalized spacial score (nSPS) is 13.7. The maximum absolute atomic E-state index is 12.3. The van der Waals surface area contributed by atoms with E-state index in [1.54, 1.807) is 13.0 Å². The Hall–Kier alpha value is -1.17. The van der Waals surface area contributed by atoms with E-state index in [1.807, 2.05) is 37.3 Å². The van der Waals surface area contributed by atoms with Gasteiger partial charge in [-0.1, -0.05) is 29.8 Å². The summed E-state index contributed by atoms with van der Waals surface area (Å²) >= 11 is 7.24. The average molecular weight is 342 g/mol. The van der Waals surface area contributed by atoms with Crippen LogP contribution in [-0.2, 0) is 21.3 Å². The van der Waals surface area contributed by atoms with Gasteiger partial charge in [0.2, 0.25) is 5.91 Å². The molecule has 0 radical (unpaired) electrons. The van der Waals surface area contributed by atoms with Crippen molar-refractivity contribution in [3.63, 3.8) is 0 Å². The van der Waals surface area contributed by atoms with Crippen molar-refractivity contribution < 1.29 is 9.00 Å². The van der Waals surface area contributed by atoms with Crippen LogP contribution in [0.4, 0.5) is 5.69 Å². The Bertz CT molecular complexity index is 669. The largest absolute Gasteiger partial charge is 0.325 e. The van der Waals surface area contributed by atoms with E-state index in [1.165, 1.54) is 11.3 Å². The number of amides is 1. The number of halogens is 1. The first-order chi connectivity index (χ1) is 9.97. The van der Waals surface area contributed by atoms with Crippen molar-refractivity contribution in [2.24, 2.45) is 0 Å². The van der Waals surface area contributed by atoms with Crippen molar-refractivity contribution in [3.8, 4) is 0 Å². The van der Waals surface area contributed by atoms with Gasteiger partial charge in [-0.25, -0.2) is 0 Å². The third kappa shape index (κ3) is 4.40. The highest BCUT2D eigenvalue weighted by Crippen LogP contribution is 2.23. The van der Waals surface area contributed by atoms with Crippen LogP contribution >= 0.6 is 22.9 Å². The van der Waals surface area contributed by atoms with Crippen LogP contribution in [0.5, 0.6) is 0 Å². The number of hydrogen-bond donors (Lipinski definition) is 1. The molecular weight excluding hydrogens is 326 g/mol. The first kappa shape index (κ1) is 16.2. The van der Waals surface area contributed by atoms with E-state index in [9.17, 15) is 9.00 Å². The van der Waals surface area contributed by atoms with Gasteiger partial charge in [0.1, 0.15) is 5.25 Å². The SMILES string of the molecule is Cc1ccccc1NC(=O)[C@@H](C)[S@](=O)Cc1ccc(Cl)s1. The molecule has 1 aromatic heterocycles. The number of anilines is 1. The average Bonchev–Trinajstić information content (AvgIpc) is 2.85. The van der Waals surface area contributed by atoms with Crippen molar-refractivity contribution in [1.29, 1.82) is 0 Å². The van der Waals surface area contributed by atoms with Gasteiger partial charge in [-0.2, -0.15) is 0 Å². The summed E-state index contributed by atoms with van der Waals surface area (Å²) < 4.78 is 12.9. The second-order valence-corrected chi connectivity index (χ2v) is 8.23. The summed E-state index contributed by atoms with van der Waals surface area (Å²) in [7, 11) is -1.27. The number of carbonyl (C=O) groups excluding carboxylic acids is 1. The van der Waals surface area contributed by atoms with Crippen LogP contribution in [0.1, 0.15) is 17.4 Å². The molecule has 2 atom stereocenters. The maximum Gasteiger partial charge on any atom is 0.239 e. The molecule has 1 heterocycles. The summed E-state index contributed by atoms with van der Waals surface area (Å²) in [6.07, 6.45) is 0. The number of nitrogens with one attached hydrogen (secondary N) is 1. The van der Waals surface area contributed by atoms with E-state index in [4.69, 9.17) is 11.6 Å². The summed E-state index contributed by atoms with van der Waals surface area (Å²) in [6, 6.07) is 11.1. The Balaban J connectivity index is 1.98. The standard InChI is InChI=1S/C15H16ClNO2S2/c1-10-5-3-4-6-13(10)17-15(18)11(2)21(19)9-12-7-8-14(16)20-12/h3-8,11H,9H2,1-2H3,(H,17,18)/t11-,21-/m1/s1. The number of benzene rings is 1. The quantitative estimate of drug-likeness (QED) is 0.893. The molecule has 0 unspecified atom stereocenters. The number of hydrogen-bond acceptors (Lipinski definition) is 3.